The monoisotopic (exact) mass is 293 g/mol. The molecule has 0 bridgehead atoms. The number of nitrogens with one attached hydrogen (secondary N) is 1. The molecule has 0 radical (unpaired) electrons. The molecule has 1 unspecified atom stereocenters. The lowest BCUT2D eigenvalue weighted by Crippen LogP contribution is -2.23. The number of halogens is 1. The minimum atomic E-state index is 0.151. The lowest BCUT2D eigenvalue weighted by molar-refractivity contribution is 0.399. The smallest absolute Gasteiger partial charge is 0.123 e. The highest BCUT2D eigenvalue weighted by molar-refractivity contribution is 6.30. The molecule has 0 saturated carbocycles. The number of likely N-dealkylation sites (N-methyl/N-ethyl adjacent to an activating group) is 1. The third-order valence-corrected chi connectivity index (χ3v) is 3.45. The van der Waals surface area contributed by atoms with Gasteiger partial charge in [-0.3, -0.25) is 4.68 Å². The maximum atomic E-state index is 6.13. The summed E-state index contributed by atoms with van der Waals surface area (Å²) in [4.78, 5) is 0. The molecule has 0 amide bonds. The zero-order valence-corrected chi connectivity index (χ0v) is 12.8. The van der Waals surface area contributed by atoms with Gasteiger partial charge in [-0.05, 0) is 36.7 Å². The number of aromatic nitrogens is 2. The summed E-state index contributed by atoms with van der Waals surface area (Å²) in [6, 6.07) is 5.87. The van der Waals surface area contributed by atoms with Crippen LogP contribution in [0.5, 0.6) is 5.75 Å². The van der Waals surface area contributed by atoms with Crippen LogP contribution in [0.25, 0.3) is 0 Å². The predicted octanol–water partition coefficient (Wildman–Crippen LogP) is 2.98. The Labute approximate surface area is 124 Å². The van der Waals surface area contributed by atoms with Crippen molar-refractivity contribution in [3.05, 3.63) is 46.7 Å². The highest BCUT2D eigenvalue weighted by Crippen LogP contribution is 2.30. The number of rotatable bonds is 6. The molecule has 0 aliphatic rings. The van der Waals surface area contributed by atoms with Gasteiger partial charge in [0, 0.05) is 29.9 Å². The quantitative estimate of drug-likeness (QED) is 0.890. The molecule has 20 heavy (non-hydrogen) atoms. The van der Waals surface area contributed by atoms with Gasteiger partial charge >= 0.3 is 0 Å². The lowest BCUT2D eigenvalue weighted by atomic mass is 9.99. The van der Waals surface area contributed by atoms with Gasteiger partial charge in [-0.1, -0.05) is 18.5 Å². The largest absolute Gasteiger partial charge is 0.496 e. The van der Waals surface area contributed by atoms with E-state index >= 15 is 0 Å². The first kappa shape index (κ1) is 14.9. The minimum Gasteiger partial charge on any atom is -0.496 e. The van der Waals surface area contributed by atoms with Crippen molar-refractivity contribution >= 4 is 11.6 Å². The van der Waals surface area contributed by atoms with Gasteiger partial charge in [-0.15, -0.1) is 0 Å². The Morgan fingerprint density at radius 1 is 1.45 bits per heavy atom. The summed E-state index contributed by atoms with van der Waals surface area (Å²) in [7, 11) is 3.60. The van der Waals surface area contributed by atoms with Gasteiger partial charge in [-0.2, -0.15) is 5.10 Å². The van der Waals surface area contributed by atoms with Gasteiger partial charge in [0.25, 0.3) is 0 Å². The molecular weight excluding hydrogens is 274 g/mol. The van der Waals surface area contributed by atoms with Crippen molar-refractivity contribution in [3.63, 3.8) is 0 Å². The van der Waals surface area contributed by atoms with Gasteiger partial charge in [0.1, 0.15) is 5.75 Å². The Balaban J connectivity index is 2.30. The Bertz CT molecular complexity index is 568. The Kier molecular flexibility index (Phi) is 5.04. The molecule has 1 heterocycles. The number of ether oxygens (including phenoxy) is 1. The summed E-state index contributed by atoms with van der Waals surface area (Å²) in [6.07, 6.45) is 4.76. The van der Waals surface area contributed by atoms with Crippen molar-refractivity contribution in [2.75, 3.05) is 13.7 Å². The van der Waals surface area contributed by atoms with E-state index in [1.807, 2.05) is 42.3 Å². The zero-order valence-electron chi connectivity index (χ0n) is 12.1. The first-order valence-corrected chi connectivity index (χ1v) is 7.06. The molecule has 1 N–H and O–H groups in total. The van der Waals surface area contributed by atoms with Crippen molar-refractivity contribution < 1.29 is 4.74 Å². The van der Waals surface area contributed by atoms with Crippen molar-refractivity contribution in [3.8, 4) is 5.75 Å². The second-order valence-electron chi connectivity index (χ2n) is 4.72. The van der Waals surface area contributed by atoms with Crippen LogP contribution in [0.3, 0.4) is 0 Å². The van der Waals surface area contributed by atoms with Crippen molar-refractivity contribution in [2.45, 2.75) is 19.4 Å². The fourth-order valence-electron chi connectivity index (χ4n) is 2.33. The third kappa shape index (κ3) is 3.52. The Morgan fingerprint density at radius 2 is 2.25 bits per heavy atom. The Morgan fingerprint density at radius 3 is 2.85 bits per heavy atom. The van der Waals surface area contributed by atoms with Crippen LogP contribution in [0.4, 0.5) is 0 Å². The average molecular weight is 294 g/mol. The molecule has 0 fully saturated rings. The number of benzene rings is 1. The molecule has 1 aromatic carbocycles. The van der Waals surface area contributed by atoms with Crippen molar-refractivity contribution in [1.82, 2.24) is 15.1 Å². The summed E-state index contributed by atoms with van der Waals surface area (Å²) in [6.45, 7) is 2.97. The molecule has 0 saturated heterocycles. The molecule has 5 heteroatoms. The molecule has 1 atom stereocenters. The van der Waals surface area contributed by atoms with Crippen LogP contribution in [0.1, 0.15) is 24.1 Å². The minimum absolute atomic E-state index is 0.151. The number of methoxy groups -OCH3 is 1. The zero-order chi connectivity index (χ0) is 14.5. The molecule has 2 rings (SSSR count). The van der Waals surface area contributed by atoms with Crippen LogP contribution in [-0.2, 0) is 13.5 Å². The fraction of sp³-hybridized carbons (Fsp3) is 0.400. The van der Waals surface area contributed by atoms with E-state index < -0.39 is 0 Å². The fourth-order valence-corrected chi connectivity index (χ4v) is 2.51. The van der Waals surface area contributed by atoms with Crippen molar-refractivity contribution in [1.29, 1.82) is 0 Å². The summed E-state index contributed by atoms with van der Waals surface area (Å²) in [5, 5.41) is 8.42. The molecule has 0 aliphatic carbocycles. The van der Waals surface area contributed by atoms with Gasteiger partial charge in [0.05, 0.1) is 13.3 Å². The molecule has 2 aromatic rings. The third-order valence-electron chi connectivity index (χ3n) is 3.22. The second-order valence-corrected chi connectivity index (χ2v) is 5.16. The standard InChI is InChI=1S/C15H20ClN3O/c1-4-17-14(7-11-9-18-19(2)10-11)13-8-12(16)5-6-15(13)20-3/h5-6,8-10,14,17H,4,7H2,1-3H3. The van der Waals surface area contributed by atoms with Crippen LogP contribution in [-0.4, -0.2) is 23.4 Å². The second kappa shape index (κ2) is 6.77. The molecule has 0 spiro atoms. The maximum absolute atomic E-state index is 6.13. The van der Waals surface area contributed by atoms with Crippen LogP contribution in [0.2, 0.25) is 5.02 Å². The first-order valence-electron chi connectivity index (χ1n) is 6.68. The summed E-state index contributed by atoms with van der Waals surface area (Å²) >= 11 is 6.13. The highest BCUT2D eigenvalue weighted by atomic mass is 35.5. The molecule has 1 aromatic heterocycles. The normalized spacial score (nSPS) is 12.4. The van der Waals surface area contributed by atoms with Crippen molar-refractivity contribution in [2.24, 2.45) is 7.05 Å². The molecule has 108 valence electrons. The van der Waals surface area contributed by atoms with E-state index in [9.17, 15) is 0 Å². The average Bonchev–Trinajstić information content (AvgIpc) is 2.84. The van der Waals surface area contributed by atoms with E-state index in [1.54, 1.807) is 7.11 Å². The van der Waals surface area contributed by atoms with Gasteiger partial charge in [0.2, 0.25) is 0 Å². The number of nitrogens with zero attached hydrogens (tertiary/aromatic N) is 2. The van der Waals surface area contributed by atoms with E-state index in [2.05, 4.69) is 17.3 Å². The van der Waals surface area contributed by atoms with Gasteiger partial charge in [-0.25, -0.2) is 0 Å². The van der Waals surface area contributed by atoms with Crippen LogP contribution < -0.4 is 10.1 Å². The molecular formula is C15H20ClN3O. The predicted molar refractivity (Wildman–Crippen MR) is 81.3 cm³/mol. The summed E-state index contributed by atoms with van der Waals surface area (Å²) < 4.78 is 7.26. The molecule has 4 nitrogen and oxygen atoms in total. The lowest BCUT2D eigenvalue weighted by Gasteiger charge is -2.20. The Hall–Kier alpha value is -1.52. The van der Waals surface area contributed by atoms with Gasteiger partial charge in [0.15, 0.2) is 0 Å². The summed E-state index contributed by atoms with van der Waals surface area (Å²) in [5.41, 5.74) is 2.26. The maximum Gasteiger partial charge on any atom is 0.123 e. The number of hydrogen-bond acceptors (Lipinski definition) is 3. The SMILES string of the molecule is CCNC(Cc1cnn(C)c1)c1cc(Cl)ccc1OC. The first-order chi connectivity index (χ1) is 9.63. The van der Waals surface area contributed by atoms with E-state index in [1.165, 1.54) is 5.56 Å². The highest BCUT2D eigenvalue weighted by Gasteiger charge is 2.17. The van der Waals surface area contributed by atoms with E-state index in [0.717, 1.165) is 29.3 Å². The summed E-state index contributed by atoms with van der Waals surface area (Å²) in [5.74, 6) is 0.851. The van der Waals surface area contributed by atoms with Gasteiger partial charge < -0.3 is 10.1 Å². The number of aryl methyl sites for hydroxylation is 1. The van der Waals surface area contributed by atoms with E-state index in [4.69, 9.17) is 16.3 Å². The van der Waals surface area contributed by atoms with E-state index in [0.29, 0.717) is 0 Å². The van der Waals surface area contributed by atoms with Crippen LogP contribution in [0, 0.1) is 0 Å². The number of hydrogen-bond donors (Lipinski definition) is 1. The van der Waals surface area contributed by atoms with Crippen LogP contribution >= 0.6 is 11.6 Å². The van der Waals surface area contributed by atoms with E-state index in [-0.39, 0.29) is 6.04 Å². The molecule has 0 aliphatic heterocycles. The van der Waals surface area contributed by atoms with Crippen LogP contribution in [0.15, 0.2) is 30.6 Å². The topological polar surface area (TPSA) is 39.1 Å².